The minimum Gasteiger partial charge on any atom is -0.457 e. The van der Waals surface area contributed by atoms with Gasteiger partial charge in [-0.15, -0.1) is 0 Å². The highest BCUT2D eigenvalue weighted by atomic mass is 16.3. The zero-order valence-corrected chi connectivity index (χ0v) is 7.04. The summed E-state index contributed by atoms with van der Waals surface area (Å²) in [5, 5.41) is 0. The maximum atomic E-state index is 10.4. The number of aldehydes is 1. The molecule has 2 rings (SSSR count). The first-order valence-corrected chi connectivity index (χ1v) is 4.05. The molecule has 3 nitrogen and oxygen atoms in total. The van der Waals surface area contributed by atoms with Crippen molar-refractivity contribution in [2.75, 3.05) is 13.6 Å². The quantitative estimate of drug-likeness (QED) is 0.584. The van der Waals surface area contributed by atoms with Gasteiger partial charge in [-0.1, -0.05) is 0 Å². The van der Waals surface area contributed by atoms with Gasteiger partial charge in [-0.05, 0) is 25.1 Å². The highest BCUT2D eigenvalue weighted by Gasteiger charge is 2.17. The summed E-state index contributed by atoms with van der Waals surface area (Å²) in [5.74, 6) is 1.40. The molecule has 2 heterocycles. The molecule has 1 aliphatic heterocycles. The van der Waals surface area contributed by atoms with Crippen LogP contribution in [-0.4, -0.2) is 24.8 Å². The van der Waals surface area contributed by atoms with Crippen LogP contribution in [0.1, 0.15) is 21.9 Å². The van der Waals surface area contributed by atoms with Crippen LogP contribution in [0.15, 0.2) is 10.5 Å². The second kappa shape index (κ2) is 2.75. The Kier molecular flexibility index (Phi) is 1.73. The molecule has 0 aliphatic carbocycles. The number of likely N-dealkylation sites (N-methyl/N-ethyl adjacent to an activating group) is 1. The van der Waals surface area contributed by atoms with Crippen molar-refractivity contribution >= 4 is 6.29 Å². The maximum Gasteiger partial charge on any atom is 0.185 e. The summed E-state index contributed by atoms with van der Waals surface area (Å²) >= 11 is 0. The lowest BCUT2D eigenvalue weighted by atomic mass is 10.1. The first-order chi connectivity index (χ1) is 5.79. The van der Waals surface area contributed by atoms with Crippen LogP contribution in [0.5, 0.6) is 0 Å². The zero-order chi connectivity index (χ0) is 8.55. The molecule has 0 saturated carbocycles. The number of carbonyl (C=O) groups is 1. The smallest absolute Gasteiger partial charge is 0.185 e. The molecule has 0 fully saturated rings. The fraction of sp³-hybridized carbons (Fsp3) is 0.444. The van der Waals surface area contributed by atoms with Crippen molar-refractivity contribution < 1.29 is 9.21 Å². The molecule has 0 radical (unpaired) electrons. The first kappa shape index (κ1) is 7.55. The molecule has 0 atom stereocenters. The Morgan fingerprint density at radius 1 is 1.67 bits per heavy atom. The van der Waals surface area contributed by atoms with Gasteiger partial charge in [0.15, 0.2) is 12.0 Å². The summed E-state index contributed by atoms with van der Waals surface area (Å²) in [5.41, 5.74) is 1.19. The Hall–Kier alpha value is -1.09. The van der Waals surface area contributed by atoms with Crippen LogP contribution < -0.4 is 0 Å². The van der Waals surface area contributed by atoms with E-state index in [1.165, 1.54) is 5.56 Å². The van der Waals surface area contributed by atoms with Crippen molar-refractivity contribution in [2.24, 2.45) is 0 Å². The van der Waals surface area contributed by atoms with E-state index in [9.17, 15) is 4.79 Å². The van der Waals surface area contributed by atoms with Gasteiger partial charge in [0.1, 0.15) is 5.76 Å². The van der Waals surface area contributed by atoms with E-state index in [-0.39, 0.29) is 0 Å². The summed E-state index contributed by atoms with van der Waals surface area (Å²) in [6.07, 6.45) is 1.75. The third-order valence-electron chi connectivity index (χ3n) is 2.21. The fourth-order valence-electron chi connectivity index (χ4n) is 1.53. The number of carbonyl (C=O) groups excluding carboxylic acids is 1. The summed E-state index contributed by atoms with van der Waals surface area (Å²) in [6, 6.07) is 1.84. The van der Waals surface area contributed by atoms with Gasteiger partial charge in [-0.2, -0.15) is 0 Å². The lowest BCUT2D eigenvalue weighted by molar-refractivity contribution is 0.109. The molecule has 1 aromatic rings. The maximum absolute atomic E-state index is 10.4. The lowest BCUT2D eigenvalue weighted by Gasteiger charge is -2.20. The second-order valence-corrected chi connectivity index (χ2v) is 3.20. The predicted molar refractivity (Wildman–Crippen MR) is 44.1 cm³/mol. The van der Waals surface area contributed by atoms with Crippen molar-refractivity contribution in [1.29, 1.82) is 0 Å². The minimum absolute atomic E-state index is 0.454. The normalized spacial score (nSPS) is 17.4. The molecular formula is C9H11NO2. The minimum atomic E-state index is 0.454. The van der Waals surface area contributed by atoms with Crippen molar-refractivity contribution in [3.05, 3.63) is 23.2 Å². The van der Waals surface area contributed by atoms with E-state index in [4.69, 9.17) is 4.42 Å². The summed E-state index contributed by atoms with van der Waals surface area (Å²) in [7, 11) is 2.05. The fourth-order valence-corrected chi connectivity index (χ4v) is 1.53. The Bertz CT molecular complexity index is 303. The molecule has 64 valence electrons. The summed E-state index contributed by atoms with van der Waals surface area (Å²) in [4.78, 5) is 12.6. The van der Waals surface area contributed by atoms with Crippen LogP contribution in [0, 0.1) is 0 Å². The standard InChI is InChI=1S/C9H11NO2/c1-10-3-2-7-4-8(6-11)12-9(7)5-10/h4,6H,2-3,5H2,1H3. The van der Waals surface area contributed by atoms with Crippen LogP contribution in [0.4, 0.5) is 0 Å². The van der Waals surface area contributed by atoms with E-state index in [0.29, 0.717) is 5.76 Å². The molecule has 0 unspecified atom stereocenters. The van der Waals surface area contributed by atoms with Crippen LogP contribution in [0.3, 0.4) is 0 Å². The molecule has 1 aromatic heterocycles. The van der Waals surface area contributed by atoms with Gasteiger partial charge in [0.2, 0.25) is 0 Å². The average molecular weight is 165 g/mol. The third kappa shape index (κ3) is 1.16. The van der Waals surface area contributed by atoms with Crippen molar-refractivity contribution in [1.82, 2.24) is 4.90 Å². The monoisotopic (exact) mass is 165 g/mol. The van der Waals surface area contributed by atoms with Crippen LogP contribution in [0.2, 0.25) is 0 Å². The Morgan fingerprint density at radius 3 is 3.25 bits per heavy atom. The van der Waals surface area contributed by atoms with E-state index < -0.39 is 0 Å². The Morgan fingerprint density at radius 2 is 2.50 bits per heavy atom. The SMILES string of the molecule is CN1CCc2cc(C=O)oc2C1. The number of fused-ring (bicyclic) bond motifs is 1. The van der Waals surface area contributed by atoms with Gasteiger partial charge in [0.05, 0.1) is 6.54 Å². The topological polar surface area (TPSA) is 33.5 Å². The third-order valence-corrected chi connectivity index (χ3v) is 2.21. The Balaban J connectivity index is 2.34. The molecule has 0 spiro atoms. The van der Waals surface area contributed by atoms with Crippen molar-refractivity contribution in [2.45, 2.75) is 13.0 Å². The van der Waals surface area contributed by atoms with Gasteiger partial charge in [0, 0.05) is 6.54 Å². The van der Waals surface area contributed by atoms with Crippen molar-refractivity contribution in [3.63, 3.8) is 0 Å². The number of rotatable bonds is 1. The average Bonchev–Trinajstić information content (AvgIpc) is 2.46. The highest BCUT2D eigenvalue weighted by molar-refractivity contribution is 5.71. The second-order valence-electron chi connectivity index (χ2n) is 3.20. The van der Waals surface area contributed by atoms with Crippen LogP contribution in [-0.2, 0) is 13.0 Å². The highest BCUT2D eigenvalue weighted by Crippen LogP contribution is 2.20. The van der Waals surface area contributed by atoms with Crippen LogP contribution >= 0.6 is 0 Å². The van der Waals surface area contributed by atoms with E-state index in [0.717, 1.165) is 31.6 Å². The number of hydrogen-bond donors (Lipinski definition) is 0. The molecule has 12 heavy (non-hydrogen) atoms. The van der Waals surface area contributed by atoms with Gasteiger partial charge >= 0.3 is 0 Å². The van der Waals surface area contributed by atoms with Crippen LogP contribution in [0.25, 0.3) is 0 Å². The summed E-state index contributed by atoms with van der Waals surface area (Å²) < 4.78 is 5.32. The molecule has 3 heteroatoms. The molecule has 1 aliphatic rings. The largest absolute Gasteiger partial charge is 0.457 e. The first-order valence-electron chi connectivity index (χ1n) is 4.05. The lowest BCUT2D eigenvalue weighted by Crippen LogP contribution is -2.25. The van der Waals surface area contributed by atoms with Crippen molar-refractivity contribution in [3.8, 4) is 0 Å². The molecular weight excluding hydrogens is 154 g/mol. The molecule has 0 saturated heterocycles. The van der Waals surface area contributed by atoms with Gasteiger partial charge in [0.25, 0.3) is 0 Å². The Labute approximate surface area is 71.0 Å². The predicted octanol–water partition coefficient (Wildman–Crippen LogP) is 1.08. The van der Waals surface area contributed by atoms with E-state index >= 15 is 0 Å². The number of furan rings is 1. The van der Waals surface area contributed by atoms with E-state index in [1.54, 1.807) is 0 Å². The molecule has 0 bridgehead atoms. The molecule has 0 aromatic carbocycles. The molecule has 0 N–H and O–H groups in total. The number of nitrogens with zero attached hydrogens (tertiary/aromatic N) is 1. The summed E-state index contributed by atoms with van der Waals surface area (Å²) in [6.45, 7) is 1.87. The van der Waals surface area contributed by atoms with Gasteiger partial charge in [-0.25, -0.2) is 0 Å². The zero-order valence-electron chi connectivity index (χ0n) is 7.04. The van der Waals surface area contributed by atoms with E-state index in [2.05, 4.69) is 4.90 Å². The molecule has 0 amide bonds. The van der Waals surface area contributed by atoms with Gasteiger partial charge in [-0.3, -0.25) is 9.69 Å². The van der Waals surface area contributed by atoms with Gasteiger partial charge < -0.3 is 4.42 Å². The van der Waals surface area contributed by atoms with E-state index in [1.807, 2.05) is 13.1 Å². The number of hydrogen-bond acceptors (Lipinski definition) is 3.